The van der Waals surface area contributed by atoms with Crippen LogP contribution in [0.4, 0.5) is 11.4 Å². The first-order valence-electron chi connectivity index (χ1n) is 6.61. The van der Waals surface area contributed by atoms with Crippen LogP contribution in [-0.4, -0.2) is 28.6 Å². The molecule has 6 nitrogen and oxygen atoms in total. The maximum Gasteiger partial charge on any atom is 0.292 e. The van der Waals surface area contributed by atoms with Gasteiger partial charge in [-0.05, 0) is 23.8 Å². The van der Waals surface area contributed by atoms with Gasteiger partial charge in [-0.1, -0.05) is 12.1 Å². The predicted molar refractivity (Wildman–Crippen MR) is 80.2 cm³/mol. The van der Waals surface area contributed by atoms with Crippen molar-refractivity contribution in [2.24, 2.45) is 0 Å². The Hall–Kier alpha value is -2.47. The molecule has 6 heteroatoms. The van der Waals surface area contributed by atoms with Gasteiger partial charge in [0, 0.05) is 38.0 Å². The van der Waals surface area contributed by atoms with E-state index in [0.29, 0.717) is 24.2 Å². The van der Waals surface area contributed by atoms with Crippen molar-refractivity contribution < 1.29 is 10.0 Å². The minimum atomic E-state index is -0.425. The molecular weight excluding hydrogens is 270 g/mol. The zero-order valence-corrected chi connectivity index (χ0v) is 11.8. The highest BCUT2D eigenvalue weighted by molar-refractivity contribution is 5.64. The van der Waals surface area contributed by atoms with Gasteiger partial charge in [-0.25, -0.2) is 0 Å². The molecule has 0 saturated carbocycles. The van der Waals surface area contributed by atoms with Gasteiger partial charge in [-0.2, -0.15) is 0 Å². The highest BCUT2D eigenvalue weighted by atomic mass is 16.6. The monoisotopic (exact) mass is 287 g/mol. The van der Waals surface area contributed by atoms with Gasteiger partial charge in [0.2, 0.25) is 0 Å². The van der Waals surface area contributed by atoms with Gasteiger partial charge in [0.15, 0.2) is 0 Å². The van der Waals surface area contributed by atoms with Gasteiger partial charge >= 0.3 is 0 Å². The molecule has 0 saturated heterocycles. The fourth-order valence-corrected chi connectivity index (χ4v) is 2.09. The molecule has 110 valence electrons. The summed E-state index contributed by atoms with van der Waals surface area (Å²) in [6.45, 7) is 0.412. The van der Waals surface area contributed by atoms with E-state index in [4.69, 9.17) is 5.11 Å². The summed E-state index contributed by atoms with van der Waals surface area (Å²) in [6, 6.07) is 10.5. The Morgan fingerprint density at radius 1 is 1.33 bits per heavy atom. The Kier molecular flexibility index (Phi) is 4.84. The molecule has 0 bridgehead atoms. The van der Waals surface area contributed by atoms with Gasteiger partial charge in [-0.15, -0.1) is 0 Å². The lowest BCUT2D eigenvalue weighted by molar-refractivity contribution is -0.384. The van der Waals surface area contributed by atoms with Crippen LogP contribution in [0.15, 0.2) is 42.6 Å². The molecule has 2 aromatic rings. The number of nitro groups is 1. The van der Waals surface area contributed by atoms with Crippen molar-refractivity contribution in [1.29, 1.82) is 0 Å². The van der Waals surface area contributed by atoms with Crippen molar-refractivity contribution in [2.75, 3.05) is 18.5 Å². The van der Waals surface area contributed by atoms with Crippen LogP contribution in [0.5, 0.6) is 0 Å². The molecule has 0 radical (unpaired) electrons. The third-order valence-corrected chi connectivity index (χ3v) is 3.26. The first-order valence-corrected chi connectivity index (χ1v) is 6.61. The van der Waals surface area contributed by atoms with Gasteiger partial charge in [0.05, 0.1) is 11.5 Å². The van der Waals surface area contributed by atoms with E-state index in [1.165, 1.54) is 6.07 Å². The average Bonchev–Trinajstić information content (AvgIpc) is 2.52. The lowest BCUT2D eigenvalue weighted by atomic mass is 10.1. The third-order valence-electron chi connectivity index (χ3n) is 3.26. The van der Waals surface area contributed by atoms with E-state index in [0.717, 1.165) is 5.69 Å². The molecule has 0 atom stereocenters. The number of hydrogen-bond acceptors (Lipinski definition) is 5. The van der Waals surface area contributed by atoms with E-state index in [1.54, 1.807) is 18.3 Å². The molecule has 1 N–H and O–H groups in total. The van der Waals surface area contributed by atoms with Crippen molar-refractivity contribution in [3.8, 4) is 0 Å². The van der Waals surface area contributed by atoms with Crippen LogP contribution in [0.25, 0.3) is 0 Å². The first-order chi connectivity index (χ1) is 10.1. The summed E-state index contributed by atoms with van der Waals surface area (Å²) in [6.07, 6.45) is 2.43. The Balaban J connectivity index is 2.15. The van der Waals surface area contributed by atoms with Crippen LogP contribution < -0.4 is 4.90 Å². The molecule has 1 aromatic carbocycles. The lowest BCUT2D eigenvalue weighted by Gasteiger charge is -2.19. The van der Waals surface area contributed by atoms with Gasteiger partial charge in [0.25, 0.3) is 5.69 Å². The number of aliphatic hydroxyl groups excluding tert-OH is 1. The molecule has 0 aliphatic heterocycles. The number of likely N-dealkylation sites (N-methyl/N-ethyl adjacent to an activating group) is 1. The summed E-state index contributed by atoms with van der Waals surface area (Å²) >= 11 is 0. The second-order valence-corrected chi connectivity index (χ2v) is 4.73. The molecule has 0 spiro atoms. The van der Waals surface area contributed by atoms with E-state index in [2.05, 4.69) is 4.98 Å². The number of aliphatic hydroxyl groups is 1. The van der Waals surface area contributed by atoms with E-state index >= 15 is 0 Å². The number of benzene rings is 1. The highest BCUT2D eigenvalue weighted by Gasteiger charge is 2.17. The molecule has 1 heterocycles. The molecular formula is C15H17N3O3. The quantitative estimate of drug-likeness (QED) is 0.650. The number of nitro benzene ring substituents is 1. The molecule has 1 aromatic heterocycles. The van der Waals surface area contributed by atoms with Crippen molar-refractivity contribution in [3.05, 3.63) is 64.0 Å². The maximum absolute atomic E-state index is 11.2. The fourth-order valence-electron chi connectivity index (χ4n) is 2.09. The molecule has 0 amide bonds. The van der Waals surface area contributed by atoms with Gasteiger partial charge < -0.3 is 10.0 Å². The second-order valence-electron chi connectivity index (χ2n) is 4.73. The summed E-state index contributed by atoms with van der Waals surface area (Å²) in [5.74, 6) is 0. The summed E-state index contributed by atoms with van der Waals surface area (Å²) in [7, 11) is 1.81. The van der Waals surface area contributed by atoms with Crippen LogP contribution in [0.2, 0.25) is 0 Å². The smallest absolute Gasteiger partial charge is 0.292 e. The SMILES string of the molecule is CN(CCc1ccccn1)c1ccc(CO)cc1[N+](=O)[O-]. The summed E-state index contributed by atoms with van der Waals surface area (Å²) in [5, 5.41) is 20.2. The van der Waals surface area contributed by atoms with Crippen molar-refractivity contribution in [2.45, 2.75) is 13.0 Å². The maximum atomic E-state index is 11.2. The van der Waals surface area contributed by atoms with E-state index in [1.807, 2.05) is 30.1 Å². The molecule has 2 rings (SSSR count). The normalized spacial score (nSPS) is 10.4. The number of hydrogen-bond donors (Lipinski definition) is 1. The van der Waals surface area contributed by atoms with Crippen LogP contribution in [0.3, 0.4) is 0 Å². The van der Waals surface area contributed by atoms with Crippen LogP contribution in [0, 0.1) is 10.1 Å². The minimum absolute atomic E-state index is 0.00470. The highest BCUT2D eigenvalue weighted by Crippen LogP contribution is 2.28. The standard InChI is InChI=1S/C15H17N3O3/c1-17(9-7-13-4-2-3-8-16-13)14-6-5-12(11-19)10-15(14)18(20)21/h2-6,8,10,19H,7,9,11H2,1H3. The van der Waals surface area contributed by atoms with Gasteiger partial charge in [0.1, 0.15) is 5.69 Å². The summed E-state index contributed by atoms with van der Waals surface area (Å²) < 4.78 is 0. The Morgan fingerprint density at radius 3 is 2.76 bits per heavy atom. The molecule has 0 aliphatic rings. The van der Waals surface area contributed by atoms with E-state index in [-0.39, 0.29) is 12.3 Å². The van der Waals surface area contributed by atoms with Crippen LogP contribution >= 0.6 is 0 Å². The summed E-state index contributed by atoms with van der Waals surface area (Å²) in [4.78, 5) is 16.8. The third kappa shape index (κ3) is 3.76. The molecule has 0 unspecified atom stereocenters. The van der Waals surface area contributed by atoms with Crippen molar-refractivity contribution in [3.63, 3.8) is 0 Å². The Labute approximate surface area is 122 Å². The van der Waals surface area contributed by atoms with E-state index < -0.39 is 4.92 Å². The van der Waals surface area contributed by atoms with Gasteiger partial charge in [-0.3, -0.25) is 15.1 Å². The van der Waals surface area contributed by atoms with Crippen molar-refractivity contribution >= 4 is 11.4 Å². The zero-order valence-electron chi connectivity index (χ0n) is 11.8. The van der Waals surface area contributed by atoms with Crippen LogP contribution in [0.1, 0.15) is 11.3 Å². The number of aromatic nitrogens is 1. The molecule has 0 aliphatic carbocycles. The minimum Gasteiger partial charge on any atom is -0.392 e. The lowest BCUT2D eigenvalue weighted by Crippen LogP contribution is -2.21. The number of anilines is 1. The second kappa shape index (κ2) is 6.81. The largest absolute Gasteiger partial charge is 0.392 e. The zero-order chi connectivity index (χ0) is 15.2. The fraction of sp³-hybridized carbons (Fsp3) is 0.267. The molecule has 21 heavy (non-hydrogen) atoms. The number of pyridine rings is 1. The topological polar surface area (TPSA) is 79.5 Å². The number of nitrogens with zero attached hydrogens (tertiary/aromatic N) is 3. The Bertz CT molecular complexity index is 617. The first kappa shape index (κ1) is 14.9. The predicted octanol–water partition coefficient (Wildman–Crippen LogP) is 2.16. The van der Waals surface area contributed by atoms with Crippen molar-refractivity contribution in [1.82, 2.24) is 4.98 Å². The summed E-state index contributed by atoms with van der Waals surface area (Å²) in [5.41, 5.74) is 2.01. The van der Waals surface area contributed by atoms with Crippen LogP contribution in [-0.2, 0) is 13.0 Å². The molecule has 0 fully saturated rings. The Morgan fingerprint density at radius 2 is 2.14 bits per heavy atom. The average molecular weight is 287 g/mol. The van der Waals surface area contributed by atoms with E-state index in [9.17, 15) is 10.1 Å². The number of rotatable bonds is 6.